The predicted molar refractivity (Wildman–Crippen MR) is 96.1 cm³/mol. The summed E-state index contributed by atoms with van der Waals surface area (Å²) in [4.78, 5) is 16.5. The van der Waals surface area contributed by atoms with Gasteiger partial charge in [-0.2, -0.15) is 0 Å². The zero-order chi connectivity index (χ0) is 15.6. The van der Waals surface area contributed by atoms with Crippen LogP contribution in [0, 0.1) is 0 Å². The van der Waals surface area contributed by atoms with E-state index in [0.29, 0.717) is 0 Å². The lowest BCUT2D eigenvalue weighted by atomic mass is 10.0. The van der Waals surface area contributed by atoms with Crippen LogP contribution in [0.25, 0.3) is 43.6 Å². The molecule has 5 aromatic rings. The van der Waals surface area contributed by atoms with Crippen LogP contribution >= 0.6 is 0 Å². The fourth-order valence-electron chi connectivity index (χ4n) is 3.66. The van der Waals surface area contributed by atoms with Crippen molar-refractivity contribution in [2.75, 3.05) is 0 Å². The topological polar surface area (TPSA) is 37.8 Å². The van der Waals surface area contributed by atoms with Crippen molar-refractivity contribution in [3.63, 3.8) is 0 Å². The molecule has 0 aliphatic rings. The van der Waals surface area contributed by atoms with Crippen molar-refractivity contribution < 1.29 is 0 Å². The number of nitrogens with zero attached hydrogens (tertiary/aromatic N) is 1. The molecule has 3 aromatic carbocycles. The van der Waals surface area contributed by atoms with Crippen molar-refractivity contribution in [1.29, 1.82) is 0 Å². The Balaban J connectivity index is 2.18. The van der Waals surface area contributed by atoms with Crippen LogP contribution in [0.3, 0.4) is 0 Å². The van der Waals surface area contributed by atoms with Gasteiger partial charge in [0, 0.05) is 39.8 Å². The molecule has 3 heteroatoms. The number of hydrogen-bond donors (Lipinski definition) is 1. The molecule has 2 aromatic heterocycles. The average molecular weight is 298 g/mol. The summed E-state index contributed by atoms with van der Waals surface area (Å²) in [5.41, 5.74) is 4.08. The van der Waals surface area contributed by atoms with Gasteiger partial charge in [-0.3, -0.25) is 4.79 Å². The molecule has 0 aliphatic heterocycles. The lowest BCUT2D eigenvalue weighted by Crippen LogP contribution is -2.04. The molecular formula is C20H14N2O. The molecule has 3 nitrogen and oxygen atoms in total. The van der Waals surface area contributed by atoms with Gasteiger partial charge < -0.3 is 9.55 Å². The Kier molecular flexibility index (Phi) is 2.29. The van der Waals surface area contributed by atoms with Crippen LogP contribution in [-0.4, -0.2) is 9.55 Å². The number of aromatic nitrogens is 2. The molecule has 0 fully saturated rings. The summed E-state index contributed by atoms with van der Waals surface area (Å²) in [6.45, 7) is 0. The third-order valence-corrected chi connectivity index (χ3v) is 4.75. The molecule has 0 amide bonds. The van der Waals surface area contributed by atoms with E-state index in [0.717, 1.165) is 43.6 Å². The minimum atomic E-state index is 0.0938. The van der Waals surface area contributed by atoms with Crippen LogP contribution < -0.4 is 5.43 Å². The van der Waals surface area contributed by atoms with Crippen LogP contribution in [0.2, 0.25) is 0 Å². The fraction of sp³-hybridized carbons (Fsp3) is 0.0500. The zero-order valence-corrected chi connectivity index (χ0v) is 12.6. The number of aryl methyl sites for hydroxylation is 1. The van der Waals surface area contributed by atoms with E-state index in [-0.39, 0.29) is 5.43 Å². The van der Waals surface area contributed by atoms with Crippen molar-refractivity contribution in [2.24, 2.45) is 7.05 Å². The van der Waals surface area contributed by atoms with Crippen LogP contribution in [0.1, 0.15) is 0 Å². The molecule has 0 aliphatic carbocycles. The fourth-order valence-corrected chi connectivity index (χ4v) is 3.66. The number of hydrogen-bond acceptors (Lipinski definition) is 1. The standard InChI is InChI=1S/C20H14N2O/c1-22-16-9-5-3-7-13(16)18-17(22)11-10-15-19(18)20(23)12-6-2-4-8-14(12)21-15/h2-11H,1H3,(H,21,23). The molecule has 5 rings (SSSR count). The number of fused-ring (bicyclic) bond motifs is 6. The van der Waals surface area contributed by atoms with Crippen LogP contribution in [0.15, 0.2) is 65.5 Å². The van der Waals surface area contributed by atoms with Crippen molar-refractivity contribution in [1.82, 2.24) is 9.55 Å². The van der Waals surface area contributed by atoms with Crippen molar-refractivity contribution in [2.45, 2.75) is 0 Å². The minimum Gasteiger partial charge on any atom is -0.354 e. The van der Waals surface area contributed by atoms with E-state index in [4.69, 9.17) is 0 Å². The highest BCUT2D eigenvalue weighted by Gasteiger charge is 2.14. The van der Waals surface area contributed by atoms with E-state index < -0.39 is 0 Å². The Hall–Kier alpha value is -3.07. The molecule has 0 saturated carbocycles. The van der Waals surface area contributed by atoms with Gasteiger partial charge in [0.1, 0.15) is 0 Å². The van der Waals surface area contributed by atoms with Gasteiger partial charge in [-0.05, 0) is 30.3 Å². The van der Waals surface area contributed by atoms with Crippen LogP contribution in [-0.2, 0) is 7.05 Å². The summed E-state index contributed by atoms with van der Waals surface area (Å²) in [5, 5.41) is 3.67. The van der Waals surface area contributed by atoms with Gasteiger partial charge in [0.05, 0.1) is 10.9 Å². The smallest absolute Gasteiger partial charge is 0.197 e. The van der Waals surface area contributed by atoms with Crippen LogP contribution in [0.4, 0.5) is 0 Å². The lowest BCUT2D eigenvalue weighted by Gasteiger charge is -2.05. The number of nitrogens with one attached hydrogen (secondary N) is 1. The van der Waals surface area contributed by atoms with Gasteiger partial charge in [-0.1, -0.05) is 30.3 Å². The zero-order valence-electron chi connectivity index (χ0n) is 12.6. The molecule has 0 radical (unpaired) electrons. The lowest BCUT2D eigenvalue weighted by molar-refractivity contribution is 1.01. The second kappa shape index (κ2) is 4.23. The van der Waals surface area contributed by atoms with E-state index in [9.17, 15) is 4.79 Å². The van der Waals surface area contributed by atoms with Crippen molar-refractivity contribution in [3.05, 3.63) is 70.9 Å². The Morgan fingerprint density at radius 3 is 2.35 bits per heavy atom. The van der Waals surface area contributed by atoms with E-state index in [1.165, 1.54) is 0 Å². The summed E-state index contributed by atoms with van der Waals surface area (Å²) in [7, 11) is 2.05. The highest BCUT2D eigenvalue weighted by Crippen LogP contribution is 2.32. The molecular weight excluding hydrogens is 284 g/mol. The molecule has 23 heavy (non-hydrogen) atoms. The highest BCUT2D eigenvalue weighted by atomic mass is 16.1. The minimum absolute atomic E-state index is 0.0938. The average Bonchev–Trinajstić information content (AvgIpc) is 2.88. The van der Waals surface area contributed by atoms with Crippen LogP contribution in [0.5, 0.6) is 0 Å². The maximum Gasteiger partial charge on any atom is 0.197 e. The largest absolute Gasteiger partial charge is 0.354 e. The first kappa shape index (κ1) is 12.5. The first-order valence-electron chi connectivity index (χ1n) is 7.66. The third-order valence-electron chi connectivity index (χ3n) is 4.75. The summed E-state index contributed by atoms with van der Waals surface area (Å²) >= 11 is 0. The normalized spacial score (nSPS) is 11.9. The van der Waals surface area contributed by atoms with Gasteiger partial charge >= 0.3 is 0 Å². The van der Waals surface area contributed by atoms with Gasteiger partial charge in [0.2, 0.25) is 0 Å². The second-order valence-corrected chi connectivity index (χ2v) is 5.96. The monoisotopic (exact) mass is 298 g/mol. The van der Waals surface area contributed by atoms with Crippen molar-refractivity contribution in [3.8, 4) is 0 Å². The van der Waals surface area contributed by atoms with Gasteiger partial charge in [0.15, 0.2) is 5.43 Å². The molecule has 2 heterocycles. The van der Waals surface area contributed by atoms with Gasteiger partial charge in [-0.25, -0.2) is 0 Å². The SMILES string of the molecule is Cn1c2ccccc2c2c3c(=O)c4ccccc4[nH]c3ccc21. The Morgan fingerprint density at radius 1 is 0.739 bits per heavy atom. The summed E-state index contributed by atoms with van der Waals surface area (Å²) in [6, 6.07) is 20.0. The molecule has 0 bridgehead atoms. The second-order valence-electron chi connectivity index (χ2n) is 5.96. The number of pyridine rings is 1. The highest BCUT2D eigenvalue weighted by molar-refractivity contribution is 6.21. The Morgan fingerprint density at radius 2 is 1.48 bits per heavy atom. The first-order chi connectivity index (χ1) is 11.3. The molecule has 0 atom stereocenters. The van der Waals surface area contributed by atoms with E-state index in [1.807, 2.05) is 49.5 Å². The molecule has 110 valence electrons. The number of rotatable bonds is 0. The number of aromatic amines is 1. The van der Waals surface area contributed by atoms with Gasteiger partial charge in [0.25, 0.3) is 0 Å². The maximum atomic E-state index is 13.1. The number of benzene rings is 3. The Bertz CT molecular complexity index is 1290. The summed E-state index contributed by atoms with van der Waals surface area (Å²) in [5.74, 6) is 0. The third kappa shape index (κ3) is 1.51. The molecule has 1 N–H and O–H groups in total. The van der Waals surface area contributed by atoms with Crippen molar-refractivity contribution >= 4 is 43.6 Å². The number of para-hydroxylation sites is 2. The quantitative estimate of drug-likeness (QED) is 0.425. The maximum absolute atomic E-state index is 13.1. The van der Waals surface area contributed by atoms with E-state index in [2.05, 4.69) is 27.8 Å². The van der Waals surface area contributed by atoms with Gasteiger partial charge in [-0.15, -0.1) is 0 Å². The summed E-state index contributed by atoms with van der Waals surface area (Å²) in [6.07, 6.45) is 0. The summed E-state index contributed by atoms with van der Waals surface area (Å²) < 4.78 is 2.15. The Labute approximate surface area is 131 Å². The molecule has 0 unspecified atom stereocenters. The predicted octanol–water partition coefficient (Wildman–Crippen LogP) is 4.33. The molecule has 0 spiro atoms. The first-order valence-corrected chi connectivity index (χ1v) is 7.66. The molecule has 0 saturated heterocycles. The van der Waals surface area contributed by atoms with E-state index in [1.54, 1.807) is 0 Å². The van der Waals surface area contributed by atoms with E-state index >= 15 is 0 Å². The number of H-pyrrole nitrogens is 1.